The SMILES string of the molecule is COc1ccc(C/C(C)=N\NC(=O)Cc2nc(C)cs2)cc1OC. The van der Waals surface area contributed by atoms with Crippen LogP contribution in [0.5, 0.6) is 11.5 Å². The fraction of sp³-hybridized carbons (Fsp3) is 0.353. The maximum Gasteiger partial charge on any atom is 0.246 e. The Morgan fingerprint density at radius 1 is 1.25 bits per heavy atom. The van der Waals surface area contributed by atoms with Crippen LogP contribution in [0.1, 0.15) is 23.2 Å². The number of hydrazone groups is 1. The van der Waals surface area contributed by atoms with E-state index in [0.29, 0.717) is 17.9 Å². The zero-order valence-corrected chi connectivity index (χ0v) is 15.1. The van der Waals surface area contributed by atoms with Crippen LogP contribution in [0.3, 0.4) is 0 Å². The molecule has 0 spiro atoms. The zero-order valence-electron chi connectivity index (χ0n) is 14.3. The van der Waals surface area contributed by atoms with Gasteiger partial charge in [0.15, 0.2) is 11.5 Å². The lowest BCUT2D eigenvalue weighted by molar-refractivity contribution is -0.120. The third-order valence-corrected chi connectivity index (χ3v) is 4.22. The van der Waals surface area contributed by atoms with Crippen LogP contribution in [-0.4, -0.2) is 30.8 Å². The summed E-state index contributed by atoms with van der Waals surface area (Å²) in [4.78, 5) is 16.1. The number of nitrogens with zero attached hydrogens (tertiary/aromatic N) is 2. The van der Waals surface area contributed by atoms with Crippen LogP contribution in [0.15, 0.2) is 28.7 Å². The smallest absolute Gasteiger partial charge is 0.246 e. The molecule has 0 bridgehead atoms. The first-order valence-corrected chi connectivity index (χ1v) is 8.33. The molecule has 7 heteroatoms. The summed E-state index contributed by atoms with van der Waals surface area (Å²) in [5.41, 5.74) is 5.32. The fourth-order valence-corrected chi connectivity index (χ4v) is 2.91. The molecule has 1 N–H and O–H groups in total. The summed E-state index contributed by atoms with van der Waals surface area (Å²) in [7, 11) is 3.20. The second kappa shape index (κ2) is 8.44. The van der Waals surface area contributed by atoms with Crippen molar-refractivity contribution in [2.24, 2.45) is 5.10 Å². The number of amides is 1. The Morgan fingerprint density at radius 2 is 2.00 bits per heavy atom. The van der Waals surface area contributed by atoms with Crippen LogP contribution in [0.2, 0.25) is 0 Å². The first-order valence-electron chi connectivity index (χ1n) is 7.45. The van der Waals surface area contributed by atoms with E-state index in [0.717, 1.165) is 22.0 Å². The largest absolute Gasteiger partial charge is 0.493 e. The number of hydrogen-bond donors (Lipinski definition) is 1. The van der Waals surface area contributed by atoms with E-state index in [-0.39, 0.29) is 12.3 Å². The summed E-state index contributed by atoms with van der Waals surface area (Å²) >= 11 is 1.48. The second-order valence-electron chi connectivity index (χ2n) is 5.31. The molecular weight excluding hydrogens is 326 g/mol. The monoisotopic (exact) mass is 347 g/mol. The van der Waals surface area contributed by atoms with Crippen molar-refractivity contribution in [2.45, 2.75) is 26.7 Å². The van der Waals surface area contributed by atoms with E-state index in [9.17, 15) is 4.79 Å². The van der Waals surface area contributed by atoms with Gasteiger partial charge in [0.05, 0.1) is 20.6 Å². The zero-order chi connectivity index (χ0) is 17.5. The highest BCUT2D eigenvalue weighted by Gasteiger charge is 2.08. The summed E-state index contributed by atoms with van der Waals surface area (Å²) in [6, 6.07) is 5.70. The van der Waals surface area contributed by atoms with Crippen molar-refractivity contribution in [3.05, 3.63) is 39.8 Å². The molecule has 1 aromatic carbocycles. The number of nitrogens with one attached hydrogen (secondary N) is 1. The van der Waals surface area contributed by atoms with E-state index in [1.807, 2.05) is 37.4 Å². The summed E-state index contributed by atoms with van der Waals surface area (Å²) in [5.74, 6) is 1.19. The van der Waals surface area contributed by atoms with Gasteiger partial charge in [-0.15, -0.1) is 11.3 Å². The first kappa shape index (κ1) is 17.9. The Balaban J connectivity index is 1.92. The van der Waals surface area contributed by atoms with E-state index in [1.54, 1.807) is 14.2 Å². The summed E-state index contributed by atoms with van der Waals surface area (Å²) in [5, 5.41) is 6.86. The van der Waals surface area contributed by atoms with Crippen LogP contribution in [0, 0.1) is 6.92 Å². The number of ether oxygens (including phenoxy) is 2. The molecule has 0 radical (unpaired) electrons. The summed E-state index contributed by atoms with van der Waals surface area (Å²) < 4.78 is 10.5. The maximum absolute atomic E-state index is 11.9. The van der Waals surface area contributed by atoms with Gasteiger partial charge in [-0.2, -0.15) is 5.10 Å². The van der Waals surface area contributed by atoms with E-state index < -0.39 is 0 Å². The van der Waals surface area contributed by atoms with Gasteiger partial charge < -0.3 is 9.47 Å². The fourth-order valence-electron chi connectivity index (χ4n) is 2.14. The maximum atomic E-state index is 11.9. The number of thiazole rings is 1. The molecule has 1 amide bonds. The van der Waals surface area contributed by atoms with Gasteiger partial charge in [0.2, 0.25) is 5.91 Å². The number of carbonyl (C=O) groups is 1. The molecule has 1 aromatic heterocycles. The Morgan fingerprint density at radius 3 is 2.62 bits per heavy atom. The van der Waals surface area contributed by atoms with E-state index in [4.69, 9.17) is 9.47 Å². The Labute approximate surface area is 145 Å². The summed E-state index contributed by atoms with van der Waals surface area (Å²) in [6.45, 7) is 3.77. The number of hydrogen-bond acceptors (Lipinski definition) is 6. The van der Waals surface area contributed by atoms with Crippen molar-refractivity contribution < 1.29 is 14.3 Å². The van der Waals surface area contributed by atoms with Crippen LogP contribution < -0.4 is 14.9 Å². The van der Waals surface area contributed by atoms with Crippen LogP contribution in [-0.2, 0) is 17.6 Å². The van der Waals surface area contributed by atoms with E-state index in [2.05, 4.69) is 15.5 Å². The first-order chi connectivity index (χ1) is 11.5. The molecule has 2 rings (SSSR count). The molecule has 0 saturated carbocycles. The Kier molecular flexibility index (Phi) is 6.31. The molecule has 0 aliphatic carbocycles. The third kappa shape index (κ3) is 5.06. The average Bonchev–Trinajstić information content (AvgIpc) is 2.97. The number of methoxy groups -OCH3 is 2. The minimum Gasteiger partial charge on any atom is -0.493 e. The van der Waals surface area contributed by atoms with Crippen molar-refractivity contribution in [1.82, 2.24) is 10.4 Å². The van der Waals surface area contributed by atoms with E-state index >= 15 is 0 Å². The van der Waals surface area contributed by atoms with Crippen LogP contribution in [0.4, 0.5) is 0 Å². The van der Waals surface area contributed by atoms with Gasteiger partial charge >= 0.3 is 0 Å². The Bertz CT molecular complexity index is 740. The van der Waals surface area contributed by atoms with Crippen molar-refractivity contribution in [3.63, 3.8) is 0 Å². The van der Waals surface area contributed by atoms with Crippen molar-refractivity contribution in [2.75, 3.05) is 14.2 Å². The van der Waals surface area contributed by atoms with Gasteiger partial charge in [-0.05, 0) is 31.5 Å². The summed E-state index contributed by atoms with van der Waals surface area (Å²) in [6.07, 6.45) is 0.850. The molecular formula is C17H21N3O3S. The highest BCUT2D eigenvalue weighted by Crippen LogP contribution is 2.27. The molecule has 0 saturated heterocycles. The molecule has 0 atom stereocenters. The Hall–Kier alpha value is -2.41. The van der Waals surface area contributed by atoms with Crippen molar-refractivity contribution >= 4 is 23.0 Å². The quantitative estimate of drug-likeness (QED) is 0.617. The highest BCUT2D eigenvalue weighted by atomic mass is 32.1. The molecule has 6 nitrogen and oxygen atoms in total. The van der Waals surface area contributed by atoms with E-state index in [1.165, 1.54) is 11.3 Å². The molecule has 2 aromatic rings. The van der Waals surface area contributed by atoms with Gasteiger partial charge in [-0.1, -0.05) is 6.07 Å². The number of aryl methyl sites for hydroxylation is 1. The molecule has 0 fully saturated rings. The minimum atomic E-state index is -0.170. The molecule has 1 heterocycles. The number of aromatic nitrogens is 1. The topological polar surface area (TPSA) is 72.8 Å². The predicted molar refractivity (Wildman–Crippen MR) is 95.1 cm³/mol. The standard InChI is InChI=1S/C17H21N3O3S/c1-11(7-13-5-6-14(22-3)15(8-13)23-4)19-20-16(21)9-17-18-12(2)10-24-17/h5-6,8,10H,7,9H2,1-4H3,(H,20,21)/b19-11-. The van der Waals surface area contributed by atoms with Gasteiger partial charge in [-0.3, -0.25) is 4.79 Å². The molecule has 128 valence electrons. The van der Waals surface area contributed by atoms with Gasteiger partial charge in [0.25, 0.3) is 0 Å². The lowest BCUT2D eigenvalue weighted by Crippen LogP contribution is -2.21. The number of rotatable bonds is 7. The molecule has 0 aliphatic heterocycles. The van der Waals surface area contributed by atoms with Crippen molar-refractivity contribution in [1.29, 1.82) is 0 Å². The second-order valence-corrected chi connectivity index (χ2v) is 6.25. The lowest BCUT2D eigenvalue weighted by Gasteiger charge is -2.09. The third-order valence-electron chi connectivity index (χ3n) is 3.26. The normalized spacial score (nSPS) is 11.2. The van der Waals surface area contributed by atoms with Gasteiger partial charge in [0.1, 0.15) is 5.01 Å². The average molecular weight is 347 g/mol. The highest BCUT2D eigenvalue weighted by molar-refractivity contribution is 7.09. The van der Waals surface area contributed by atoms with Crippen molar-refractivity contribution in [3.8, 4) is 11.5 Å². The lowest BCUT2D eigenvalue weighted by atomic mass is 10.1. The number of benzene rings is 1. The van der Waals surface area contributed by atoms with Crippen LogP contribution in [0.25, 0.3) is 0 Å². The van der Waals surface area contributed by atoms with Gasteiger partial charge in [-0.25, -0.2) is 10.4 Å². The molecule has 0 unspecified atom stereocenters. The van der Waals surface area contributed by atoms with Crippen LogP contribution >= 0.6 is 11.3 Å². The predicted octanol–water partition coefficient (Wildman–Crippen LogP) is 2.75. The minimum absolute atomic E-state index is 0.170. The molecule has 24 heavy (non-hydrogen) atoms. The number of carbonyl (C=O) groups excluding carboxylic acids is 1. The van der Waals surface area contributed by atoms with Gasteiger partial charge in [0, 0.05) is 23.2 Å². The molecule has 0 aliphatic rings.